The topological polar surface area (TPSA) is 80.4 Å². The van der Waals surface area contributed by atoms with Crippen molar-refractivity contribution in [3.05, 3.63) is 46.0 Å². The molecule has 0 saturated carbocycles. The van der Waals surface area contributed by atoms with Gasteiger partial charge in [-0.1, -0.05) is 24.3 Å². The molecular weight excluding hydrogens is 229 g/mol. The average Bonchev–Trinajstić information content (AvgIpc) is 2.29. The predicted molar refractivity (Wildman–Crippen MR) is 59.3 cm³/mol. The van der Waals surface area contributed by atoms with Crippen LogP contribution in [0.5, 0.6) is 0 Å². The number of non-ortho nitro benzene ring substituents is 1. The van der Waals surface area contributed by atoms with Gasteiger partial charge in [-0.25, -0.2) is 9.18 Å². The number of allylic oxidation sites excluding steroid dienone is 1. The van der Waals surface area contributed by atoms with E-state index >= 15 is 0 Å². The van der Waals surface area contributed by atoms with E-state index in [0.29, 0.717) is 5.56 Å². The number of hydrogen-bond acceptors (Lipinski definition) is 3. The van der Waals surface area contributed by atoms with E-state index in [1.165, 1.54) is 30.4 Å². The van der Waals surface area contributed by atoms with Crippen molar-refractivity contribution in [3.8, 4) is 0 Å². The number of nitrogens with zero attached hydrogens (tertiary/aromatic N) is 1. The minimum absolute atomic E-state index is 0.0674. The maximum absolute atomic E-state index is 12.7. The van der Waals surface area contributed by atoms with Crippen LogP contribution in [-0.2, 0) is 4.79 Å². The third-order valence-electron chi connectivity index (χ3n) is 2.00. The summed E-state index contributed by atoms with van der Waals surface area (Å²) >= 11 is 0. The van der Waals surface area contributed by atoms with Gasteiger partial charge in [0.1, 0.15) is 0 Å². The van der Waals surface area contributed by atoms with Crippen molar-refractivity contribution in [2.24, 2.45) is 0 Å². The number of benzene rings is 1. The molecule has 0 bridgehead atoms. The number of alkyl halides is 1. The van der Waals surface area contributed by atoms with Crippen molar-refractivity contribution in [2.45, 2.75) is 12.6 Å². The van der Waals surface area contributed by atoms with Crippen LogP contribution in [0.15, 0.2) is 30.3 Å². The van der Waals surface area contributed by atoms with E-state index in [9.17, 15) is 19.3 Å². The van der Waals surface area contributed by atoms with E-state index in [-0.39, 0.29) is 12.1 Å². The van der Waals surface area contributed by atoms with E-state index in [1.54, 1.807) is 6.07 Å². The number of carbonyl (C=O) groups is 1. The molecule has 0 saturated heterocycles. The highest BCUT2D eigenvalue weighted by atomic mass is 19.1. The highest BCUT2D eigenvalue weighted by Crippen LogP contribution is 2.14. The van der Waals surface area contributed by atoms with Crippen LogP contribution in [0.25, 0.3) is 6.08 Å². The standard InChI is InChI=1S/C11H10FNO4/c12-10(11(14)15)6-2-4-8-3-1-5-9(7-8)13(16)17/h1-5,7,10H,6H2,(H,14,15)/b4-2+. The first kappa shape index (κ1) is 12.8. The van der Waals surface area contributed by atoms with Gasteiger partial charge in [-0.3, -0.25) is 10.1 Å². The molecule has 0 aliphatic rings. The summed E-state index contributed by atoms with van der Waals surface area (Å²) in [6.45, 7) is 0. The Balaban J connectivity index is 2.68. The first-order chi connectivity index (χ1) is 8.00. The number of hydrogen-bond donors (Lipinski definition) is 1. The number of carboxylic acids is 1. The summed E-state index contributed by atoms with van der Waals surface area (Å²) in [5, 5.41) is 18.8. The predicted octanol–water partition coefficient (Wildman–Crippen LogP) is 2.42. The van der Waals surface area contributed by atoms with Gasteiger partial charge in [0.15, 0.2) is 0 Å². The van der Waals surface area contributed by atoms with Crippen LogP contribution in [0.4, 0.5) is 10.1 Å². The number of carboxylic acid groups (broad SMARTS) is 1. The van der Waals surface area contributed by atoms with Gasteiger partial charge in [0.25, 0.3) is 5.69 Å². The fourth-order valence-corrected chi connectivity index (χ4v) is 1.17. The molecule has 1 aromatic rings. The third-order valence-corrected chi connectivity index (χ3v) is 2.00. The Morgan fingerprint density at radius 1 is 1.59 bits per heavy atom. The lowest BCUT2D eigenvalue weighted by atomic mass is 10.1. The Labute approximate surface area is 96.3 Å². The van der Waals surface area contributed by atoms with Gasteiger partial charge in [-0.2, -0.15) is 0 Å². The summed E-state index contributed by atoms with van der Waals surface area (Å²) in [6.07, 6.45) is 0.559. The lowest BCUT2D eigenvalue weighted by Gasteiger charge is -1.97. The maximum atomic E-state index is 12.7. The van der Waals surface area contributed by atoms with Crippen LogP contribution in [-0.4, -0.2) is 22.2 Å². The minimum atomic E-state index is -1.95. The molecule has 17 heavy (non-hydrogen) atoms. The van der Waals surface area contributed by atoms with E-state index < -0.39 is 17.1 Å². The molecule has 5 nitrogen and oxygen atoms in total. The summed E-state index contributed by atoms with van der Waals surface area (Å²) in [7, 11) is 0. The van der Waals surface area contributed by atoms with Gasteiger partial charge < -0.3 is 5.11 Å². The SMILES string of the molecule is O=C(O)C(F)C/C=C/c1cccc([N+](=O)[O-])c1. The third kappa shape index (κ3) is 4.02. The van der Waals surface area contributed by atoms with Crippen LogP contribution in [0, 0.1) is 10.1 Å². The Hall–Kier alpha value is -2.24. The number of nitro benzene ring substituents is 1. The summed E-state index contributed by atoms with van der Waals surface area (Å²) < 4.78 is 12.7. The average molecular weight is 239 g/mol. The first-order valence-corrected chi connectivity index (χ1v) is 4.78. The summed E-state index contributed by atoms with van der Waals surface area (Å²) in [5.74, 6) is -1.52. The molecule has 6 heteroatoms. The van der Waals surface area contributed by atoms with Gasteiger partial charge in [-0.15, -0.1) is 0 Å². The zero-order valence-electron chi connectivity index (χ0n) is 8.75. The quantitative estimate of drug-likeness (QED) is 0.632. The molecule has 1 rings (SSSR count). The largest absolute Gasteiger partial charge is 0.479 e. The van der Waals surface area contributed by atoms with Gasteiger partial charge in [-0.05, 0) is 5.56 Å². The second kappa shape index (κ2) is 5.74. The van der Waals surface area contributed by atoms with Crippen molar-refractivity contribution in [3.63, 3.8) is 0 Å². The van der Waals surface area contributed by atoms with Crippen molar-refractivity contribution in [1.29, 1.82) is 0 Å². The number of rotatable bonds is 5. The molecule has 0 heterocycles. The Morgan fingerprint density at radius 3 is 2.88 bits per heavy atom. The first-order valence-electron chi connectivity index (χ1n) is 4.78. The molecule has 1 unspecified atom stereocenters. The fraction of sp³-hybridized carbons (Fsp3) is 0.182. The Kier molecular flexibility index (Phi) is 4.33. The molecule has 0 aliphatic carbocycles. The molecule has 0 amide bonds. The molecule has 0 aliphatic heterocycles. The second-order valence-electron chi connectivity index (χ2n) is 3.30. The summed E-state index contributed by atoms with van der Waals surface area (Å²) in [6, 6.07) is 5.77. The van der Waals surface area contributed by atoms with Gasteiger partial charge >= 0.3 is 5.97 Å². The zero-order valence-corrected chi connectivity index (χ0v) is 8.75. The molecule has 1 N–H and O–H groups in total. The van der Waals surface area contributed by atoms with Crippen molar-refractivity contribution >= 4 is 17.7 Å². The lowest BCUT2D eigenvalue weighted by molar-refractivity contribution is -0.384. The molecule has 0 aromatic heterocycles. The molecule has 1 aromatic carbocycles. The highest BCUT2D eigenvalue weighted by molar-refractivity contribution is 5.72. The second-order valence-corrected chi connectivity index (χ2v) is 3.30. The molecule has 1 atom stereocenters. The minimum Gasteiger partial charge on any atom is -0.479 e. The number of halogens is 1. The van der Waals surface area contributed by atoms with Crippen LogP contribution in [0.2, 0.25) is 0 Å². The smallest absolute Gasteiger partial charge is 0.338 e. The van der Waals surface area contributed by atoms with Crippen molar-refractivity contribution in [2.75, 3.05) is 0 Å². The molecule has 0 fully saturated rings. The lowest BCUT2D eigenvalue weighted by Crippen LogP contribution is -2.12. The molecule has 90 valence electrons. The van der Waals surface area contributed by atoms with Crippen LogP contribution >= 0.6 is 0 Å². The van der Waals surface area contributed by atoms with Gasteiger partial charge in [0.2, 0.25) is 6.17 Å². The van der Waals surface area contributed by atoms with E-state index in [4.69, 9.17) is 5.11 Å². The highest BCUT2D eigenvalue weighted by Gasteiger charge is 2.12. The van der Waals surface area contributed by atoms with Gasteiger partial charge in [0, 0.05) is 18.6 Å². The normalized spacial score (nSPS) is 12.5. The van der Waals surface area contributed by atoms with Gasteiger partial charge in [0.05, 0.1) is 4.92 Å². The summed E-state index contributed by atoms with van der Waals surface area (Å²) in [4.78, 5) is 20.1. The van der Waals surface area contributed by atoms with E-state index in [1.807, 2.05) is 0 Å². The molecule has 0 radical (unpaired) electrons. The van der Waals surface area contributed by atoms with Crippen LogP contribution in [0.3, 0.4) is 0 Å². The van der Waals surface area contributed by atoms with Crippen LogP contribution in [0.1, 0.15) is 12.0 Å². The Bertz CT molecular complexity index is 459. The van der Waals surface area contributed by atoms with E-state index in [0.717, 1.165) is 0 Å². The molecule has 0 spiro atoms. The maximum Gasteiger partial charge on any atom is 0.338 e. The fourth-order valence-electron chi connectivity index (χ4n) is 1.17. The summed E-state index contributed by atoms with van der Waals surface area (Å²) in [5.41, 5.74) is 0.457. The Morgan fingerprint density at radius 2 is 2.29 bits per heavy atom. The molecular formula is C11H10FNO4. The van der Waals surface area contributed by atoms with Crippen molar-refractivity contribution in [1.82, 2.24) is 0 Å². The van der Waals surface area contributed by atoms with Crippen molar-refractivity contribution < 1.29 is 19.2 Å². The van der Waals surface area contributed by atoms with Crippen LogP contribution < -0.4 is 0 Å². The zero-order chi connectivity index (χ0) is 12.8. The number of nitro groups is 1. The number of aliphatic carboxylic acids is 1. The van der Waals surface area contributed by atoms with E-state index in [2.05, 4.69) is 0 Å². The monoisotopic (exact) mass is 239 g/mol.